The molecule has 5 heteroatoms. The Hall–Kier alpha value is -16.2. The van der Waals surface area contributed by atoms with Crippen LogP contribution in [0.3, 0.4) is 0 Å². The lowest BCUT2D eigenvalue weighted by Crippen LogP contribution is -2.37. The van der Waals surface area contributed by atoms with Gasteiger partial charge in [0.15, 0.2) is 0 Å². The van der Waals surface area contributed by atoms with Crippen LogP contribution in [0, 0.1) is 0 Å². The van der Waals surface area contributed by atoms with Crippen molar-refractivity contribution in [3.8, 4) is 55.6 Å². The lowest BCUT2D eigenvalue weighted by molar-refractivity contribution is 0.658. The molecule has 133 heavy (non-hydrogen) atoms. The van der Waals surface area contributed by atoms with E-state index in [1.54, 1.807) is 0 Å². The van der Waals surface area contributed by atoms with E-state index in [1.165, 1.54) is 165 Å². The van der Waals surface area contributed by atoms with E-state index in [2.05, 4.69) is 545 Å². The van der Waals surface area contributed by atoms with E-state index in [9.17, 15) is 0 Å². The molecule has 0 amide bonds. The Kier molecular flexibility index (Phi) is 19.6. The summed E-state index contributed by atoms with van der Waals surface area (Å²) in [6.45, 7) is 9.44. The third-order valence-electron chi connectivity index (χ3n) is 28.7. The number of nitrogens with zero attached hydrogens (tertiary/aromatic N) is 4. The number of thiophene rings is 1. The molecule has 0 saturated heterocycles. The summed E-state index contributed by atoms with van der Waals surface area (Å²) in [7, 11) is 0. The zero-order valence-corrected chi connectivity index (χ0v) is 75.4. The number of para-hydroxylation sites is 4. The van der Waals surface area contributed by atoms with Crippen LogP contribution in [0.2, 0.25) is 0 Å². The van der Waals surface area contributed by atoms with Gasteiger partial charge in [0.1, 0.15) is 0 Å². The van der Waals surface area contributed by atoms with E-state index in [0.717, 1.165) is 45.5 Å². The first-order chi connectivity index (χ1) is 65.5. The monoisotopic (exact) mass is 1720 g/mol. The van der Waals surface area contributed by atoms with Gasteiger partial charge in [0, 0.05) is 76.5 Å². The molecule has 1 aromatic heterocycles. The van der Waals surface area contributed by atoms with E-state index >= 15 is 0 Å². The molecule has 2 aliphatic heterocycles. The van der Waals surface area contributed by atoms with Gasteiger partial charge < -0.3 is 19.6 Å². The third-order valence-corrected chi connectivity index (χ3v) is 29.8. The molecule has 2 aliphatic carbocycles. The van der Waals surface area contributed by atoms with Crippen molar-refractivity contribution >= 4 is 99.8 Å². The average molecular weight is 1720 g/mol. The van der Waals surface area contributed by atoms with Crippen molar-refractivity contribution in [2.24, 2.45) is 0 Å². The van der Waals surface area contributed by atoms with Crippen LogP contribution in [0.5, 0.6) is 0 Å². The molecule has 0 atom stereocenters. The Morgan fingerprint density at radius 1 is 0.188 bits per heavy atom. The molecule has 0 unspecified atom stereocenters. The van der Waals surface area contributed by atoms with Crippen LogP contribution in [-0.2, 0) is 21.7 Å². The van der Waals surface area contributed by atoms with Gasteiger partial charge in [0.2, 0.25) is 0 Å². The van der Waals surface area contributed by atoms with Gasteiger partial charge in [0.25, 0.3) is 0 Å². The molecule has 0 saturated carbocycles. The number of fused-ring (bicyclic) bond motifs is 13. The van der Waals surface area contributed by atoms with Gasteiger partial charge in [-0.05, 0) is 268 Å². The van der Waals surface area contributed by atoms with Crippen LogP contribution in [0.4, 0.5) is 68.2 Å². The van der Waals surface area contributed by atoms with Crippen LogP contribution < -0.4 is 19.6 Å². The Labute approximate surface area is 782 Å². The van der Waals surface area contributed by atoms with Crippen LogP contribution in [0.15, 0.2) is 497 Å². The quantitative estimate of drug-likeness (QED) is 0.101. The lowest BCUT2D eigenvalue weighted by atomic mass is 9.62. The van der Waals surface area contributed by atoms with Gasteiger partial charge in [-0.1, -0.05) is 380 Å². The minimum atomic E-state index is -0.587. The smallest absolute Gasteiger partial charge is 0.0742 e. The molecule has 4 aliphatic rings. The number of anilines is 12. The maximum Gasteiger partial charge on any atom is 0.0742 e. The first-order valence-electron chi connectivity index (χ1n) is 46.3. The van der Waals surface area contributed by atoms with Gasteiger partial charge in [-0.25, -0.2) is 0 Å². The van der Waals surface area contributed by atoms with Crippen LogP contribution in [0.25, 0.3) is 75.8 Å². The van der Waals surface area contributed by atoms with Crippen molar-refractivity contribution in [3.05, 3.63) is 564 Å². The molecule has 25 rings (SSSR count). The average Bonchev–Trinajstić information content (AvgIpc) is 1.42. The second-order valence-corrected chi connectivity index (χ2v) is 37.6. The molecule has 632 valence electrons. The number of rotatable bonds is 15. The Balaban J connectivity index is 0.000000146. The molecule has 0 N–H and O–H groups in total. The predicted octanol–water partition coefficient (Wildman–Crippen LogP) is 34.6. The van der Waals surface area contributed by atoms with Crippen LogP contribution in [-0.4, -0.2) is 0 Å². The maximum atomic E-state index is 2.50. The largest absolute Gasteiger partial charge is 0.311 e. The fourth-order valence-corrected chi connectivity index (χ4v) is 23.5. The van der Waals surface area contributed by atoms with Crippen LogP contribution >= 0.6 is 11.3 Å². The highest BCUT2D eigenvalue weighted by Crippen LogP contribution is 2.63. The number of benzene rings is 20. The summed E-state index contributed by atoms with van der Waals surface area (Å²) in [4.78, 5) is 9.72. The Morgan fingerprint density at radius 3 is 0.910 bits per heavy atom. The van der Waals surface area contributed by atoms with E-state index in [0.29, 0.717) is 0 Å². The molecule has 0 bridgehead atoms. The van der Waals surface area contributed by atoms with Crippen LogP contribution in [0.1, 0.15) is 94.5 Å². The molecule has 0 radical (unpaired) electrons. The molecule has 20 aromatic carbocycles. The van der Waals surface area contributed by atoms with Crippen molar-refractivity contribution in [1.29, 1.82) is 0 Å². The van der Waals surface area contributed by atoms with Gasteiger partial charge in [-0.3, -0.25) is 0 Å². The van der Waals surface area contributed by atoms with Gasteiger partial charge in [-0.15, -0.1) is 11.3 Å². The second-order valence-electron chi connectivity index (χ2n) is 36.6. The Morgan fingerprint density at radius 2 is 0.481 bits per heavy atom. The first-order valence-corrected chi connectivity index (χ1v) is 47.1. The van der Waals surface area contributed by atoms with Crippen molar-refractivity contribution in [3.63, 3.8) is 0 Å². The molecule has 0 spiro atoms. The molecule has 21 aromatic rings. The highest BCUT2D eigenvalue weighted by atomic mass is 32.1. The Bertz CT molecular complexity index is 7790. The summed E-state index contributed by atoms with van der Waals surface area (Å²) in [6, 6.07) is 184. The molecule has 4 nitrogen and oxygen atoms in total. The number of hydrogen-bond donors (Lipinski definition) is 0. The standard InChI is InChI=1S/C64H46N2S.C64H48N2/c1-63(2)55-23-11-9-21-51(55)52-39-38-50(42-58(52)63)65(47-32-29-44(30-33-47)43-17-5-3-6-18-43)48-34-36-49(37-35-48)66-59-26-14-12-24-56(59)64(45-19-7-4-8-20-45,57-25-13-15-27-60(57)66)46-31-40-62-54(41-46)53-22-10-16-28-61(53)67-62;1-63(2)57-25-13-12-24-55(57)56-44-50(34-43-58(56)63)64(49-22-10-5-11-23-49)59-26-14-16-28-61(59)66(62-29-17-15-27-60(62)64)54-41-39-53(40-42-54)65(51-35-30-47(31-36-51)45-18-6-3-7-19-45)52-37-32-48(33-38-52)46-20-8-4-9-21-46/h3-42H,1-2H3;3-44H,1-2H3. The summed E-state index contributed by atoms with van der Waals surface area (Å²) in [5, 5.41) is 2.61. The SMILES string of the molecule is CC1(C)c2ccccc2-c2cc(C3(c4ccccc4)c4ccccc4N(c4ccc(N(c5ccc(-c6ccccc6)cc5)c5ccc(-c6ccccc6)cc5)cc4)c4ccccc43)ccc21.CC1(C)c2ccccc2-c2ccc(N(c3ccc(-c4ccccc4)cc3)c3ccc(N4c5ccccc5C(c5ccccc5)(c5ccc6sc7ccccc7c6c5)c5ccccc54)cc3)cc21. The summed E-state index contributed by atoms with van der Waals surface area (Å²) in [6.07, 6.45) is 0. The van der Waals surface area contributed by atoms with E-state index in [1.807, 2.05) is 11.3 Å². The normalized spacial score (nSPS) is 13.9. The summed E-state index contributed by atoms with van der Waals surface area (Å²) >= 11 is 1.87. The second kappa shape index (κ2) is 32.5. The van der Waals surface area contributed by atoms with Crippen molar-refractivity contribution in [2.45, 2.75) is 49.4 Å². The van der Waals surface area contributed by atoms with Crippen molar-refractivity contribution < 1.29 is 0 Å². The van der Waals surface area contributed by atoms with E-state index < -0.39 is 10.8 Å². The summed E-state index contributed by atoms with van der Waals surface area (Å²) in [5.74, 6) is 0. The minimum Gasteiger partial charge on any atom is -0.311 e. The predicted molar refractivity (Wildman–Crippen MR) is 560 cm³/mol. The van der Waals surface area contributed by atoms with Gasteiger partial charge in [0.05, 0.1) is 33.6 Å². The molecule has 0 fully saturated rings. The third kappa shape index (κ3) is 13.1. The summed E-state index contributed by atoms with van der Waals surface area (Å²) in [5.41, 5.74) is 40.1. The van der Waals surface area contributed by atoms with Gasteiger partial charge in [-0.2, -0.15) is 0 Å². The fourth-order valence-electron chi connectivity index (χ4n) is 22.4. The topological polar surface area (TPSA) is 13.0 Å². The summed E-state index contributed by atoms with van der Waals surface area (Å²) < 4.78 is 2.62. The zero-order valence-electron chi connectivity index (χ0n) is 74.5. The van der Waals surface area contributed by atoms with E-state index in [-0.39, 0.29) is 10.8 Å². The minimum absolute atomic E-state index is 0.0808. The first kappa shape index (κ1) is 80.2. The maximum absolute atomic E-state index is 2.50. The molecular formula is C128H94N4S. The van der Waals surface area contributed by atoms with Crippen molar-refractivity contribution in [2.75, 3.05) is 19.6 Å². The zero-order chi connectivity index (χ0) is 88.9. The fraction of sp³-hybridized carbons (Fsp3) is 0.0625. The highest BCUT2D eigenvalue weighted by Gasteiger charge is 2.50. The lowest BCUT2D eigenvalue weighted by Gasteiger charge is -2.46. The molecular weight excluding hydrogens is 1630 g/mol. The molecule has 3 heterocycles. The van der Waals surface area contributed by atoms with Crippen molar-refractivity contribution in [1.82, 2.24) is 0 Å². The van der Waals surface area contributed by atoms with E-state index in [4.69, 9.17) is 0 Å². The highest BCUT2D eigenvalue weighted by molar-refractivity contribution is 7.25. The number of hydrogen-bond acceptors (Lipinski definition) is 5. The van der Waals surface area contributed by atoms with Gasteiger partial charge >= 0.3 is 0 Å².